The fourth-order valence-electron chi connectivity index (χ4n) is 1.32. The zero-order valence-electron chi connectivity index (χ0n) is 6.46. The number of thioether (sulfide) groups is 1. The monoisotopic (exact) mass is 162 g/mol. The van der Waals surface area contributed by atoms with Crippen LogP contribution < -0.4 is 0 Å². The highest BCUT2D eigenvalue weighted by Crippen LogP contribution is 2.34. The van der Waals surface area contributed by atoms with E-state index in [0.29, 0.717) is 11.9 Å². The Morgan fingerprint density at radius 3 is 2.90 bits per heavy atom. The van der Waals surface area contributed by atoms with E-state index in [1.807, 2.05) is 11.8 Å². The van der Waals surface area contributed by atoms with Crippen LogP contribution >= 0.6 is 11.8 Å². The lowest BCUT2D eigenvalue weighted by molar-refractivity contribution is -0.0131. The molecule has 2 unspecified atom stereocenters. The smallest absolute Gasteiger partial charge is 0.0980 e. The Morgan fingerprint density at radius 1 is 1.80 bits per heavy atom. The van der Waals surface area contributed by atoms with Crippen LogP contribution in [0.15, 0.2) is 0 Å². The van der Waals surface area contributed by atoms with E-state index in [0.717, 1.165) is 12.2 Å². The van der Waals surface area contributed by atoms with Crippen molar-refractivity contribution < 1.29 is 9.84 Å². The summed E-state index contributed by atoms with van der Waals surface area (Å²) in [5.41, 5.74) is -0.543. The molecule has 2 atom stereocenters. The van der Waals surface area contributed by atoms with Gasteiger partial charge in [-0.25, -0.2) is 0 Å². The fourth-order valence-corrected chi connectivity index (χ4v) is 2.54. The number of methoxy groups -OCH3 is 1. The first kappa shape index (κ1) is 8.37. The molecule has 1 N–H and O–H groups in total. The molecular formula is C7H14O2S. The average molecular weight is 162 g/mol. The van der Waals surface area contributed by atoms with Crippen LogP contribution in [0.25, 0.3) is 0 Å². The van der Waals surface area contributed by atoms with Gasteiger partial charge in [0.15, 0.2) is 0 Å². The summed E-state index contributed by atoms with van der Waals surface area (Å²) in [4.78, 5) is 0. The van der Waals surface area contributed by atoms with Gasteiger partial charge in [0.25, 0.3) is 0 Å². The van der Waals surface area contributed by atoms with E-state index in [1.54, 1.807) is 7.11 Å². The Kier molecular flexibility index (Phi) is 2.61. The molecule has 0 bridgehead atoms. The summed E-state index contributed by atoms with van der Waals surface area (Å²) in [5, 5.41) is 10.3. The van der Waals surface area contributed by atoms with E-state index in [-0.39, 0.29) is 0 Å². The van der Waals surface area contributed by atoms with Crippen LogP contribution in [0.3, 0.4) is 0 Å². The van der Waals surface area contributed by atoms with E-state index >= 15 is 0 Å². The molecule has 1 fully saturated rings. The third-order valence-corrected chi connectivity index (χ3v) is 3.16. The van der Waals surface area contributed by atoms with Crippen molar-refractivity contribution in [1.82, 2.24) is 0 Å². The zero-order chi connectivity index (χ0) is 7.61. The molecule has 1 rings (SSSR count). The molecule has 0 aromatic heterocycles. The van der Waals surface area contributed by atoms with Crippen LogP contribution in [0.2, 0.25) is 0 Å². The van der Waals surface area contributed by atoms with Crippen LogP contribution in [-0.2, 0) is 4.74 Å². The molecule has 1 saturated heterocycles. The summed E-state index contributed by atoms with van der Waals surface area (Å²) in [6.45, 7) is 2.61. The predicted molar refractivity (Wildman–Crippen MR) is 43.4 cm³/mol. The molecule has 1 aliphatic rings. The van der Waals surface area contributed by atoms with Gasteiger partial charge in [-0.3, -0.25) is 0 Å². The molecular weight excluding hydrogens is 148 g/mol. The van der Waals surface area contributed by atoms with Gasteiger partial charge in [0.05, 0.1) is 12.2 Å². The van der Waals surface area contributed by atoms with Crippen molar-refractivity contribution in [3.05, 3.63) is 0 Å². The van der Waals surface area contributed by atoms with Crippen LogP contribution in [0.1, 0.15) is 13.3 Å². The first-order chi connectivity index (χ1) is 4.66. The van der Waals surface area contributed by atoms with Gasteiger partial charge in [-0.05, 0) is 6.42 Å². The Balaban J connectivity index is 2.38. The zero-order valence-corrected chi connectivity index (χ0v) is 7.28. The second kappa shape index (κ2) is 3.11. The maximum Gasteiger partial charge on any atom is 0.0980 e. The Morgan fingerprint density at radius 2 is 2.50 bits per heavy atom. The van der Waals surface area contributed by atoms with Crippen molar-refractivity contribution >= 4 is 11.8 Å². The van der Waals surface area contributed by atoms with Gasteiger partial charge in [-0.1, -0.05) is 6.92 Å². The molecule has 0 aromatic carbocycles. The molecule has 0 aromatic rings. The summed E-state index contributed by atoms with van der Waals surface area (Å²) in [5.74, 6) is 0.821. The van der Waals surface area contributed by atoms with Crippen molar-refractivity contribution in [1.29, 1.82) is 0 Å². The molecule has 0 radical (unpaired) electrons. The van der Waals surface area contributed by atoms with E-state index in [9.17, 15) is 5.11 Å². The van der Waals surface area contributed by atoms with Gasteiger partial charge < -0.3 is 9.84 Å². The first-order valence-corrected chi connectivity index (χ1v) is 4.54. The lowest BCUT2D eigenvalue weighted by Gasteiger charge is -2.19. The van der Waals surface area contributed by atoms with E-state index in [4.69, 9.17) is 4.74 Å². The highest BCUT2D eigenvalue weighted by Gasteiger charge is 2.35. The quantitative estimate of drug-likeness (QED) is 0.654. The maximum absolute atomic E-state index is 9.72. The second-order valence-electron chi connectivity index (χ2n) is 2.98. The second-order valence-corrected chi connectivity index (χ2v) is 4.41. The summed E-state index contributed by atoms with van der Waals surface area (Å²) in [6, 6.07) is 0. The van der Waals surface area contributed by atoms with Crippen molar-refractivity contribution in [2.24, 2.45) is 0 Å². The number of hydrogen-bond acceptors (Lipinski definition) is 3. The molecule has 0 spiro atoms. The van der Waals surface area contributed by atoms with E-state index < -0.39 is 5.60 Å². The highest BCUT2D eigenvalue weighted by molar-refractivity contribution is 8.00. The van der Waals surface area contributed by atoms with Gasteiger partial charge in [-0.2, -0.15) is 11.8 Å². The van der Waals surface area contributed by atoms with E-state index in [1.165, 1.54) is 0 Å². The normalized spacial score (nSPS) is 40.5. The van der Waals surface area contributed by atoms with Gasteiger partial charge in [-0.15, -0.1) is 0 Å². The largest absolute Gasteiger partial charge is 0.387 e. The molecule has 1 aliphatic heterocycles. The average Bonchev–Trinajstić information content (AvgIpc) is 2.12. The molecule has 0 aliphatic carbocycles. The van der Waals surface area contributed by atoms with Crippen LogP contribution in [0, 0.1) is 0 Å². The lowest BCUT2D eigenvalue weighted by Crippen LogP contribution is -2.34. The van der Waals surface area contributed by atoms with Gasteiger partial charge >= 0.3 is 0 Å². The maximum atomic E-state index is 9.72. The topological polar surface area (TPSA) is 29.5 Å². The summed E-state index contributed by atoms with van der Waals surface area (Å²) in [6.07, 6.45) is 0.867. The van der Waals surface area contributed by atoms with Crippen molar-refractivity contribution in [3.63, 3.8) is 0 Å². The third-order valence-electron chi connectivity index (χ3n) is 1.72. The molecule has 1 heterocycles. The Labute approximate surface area is 66.0 Å². The van der Waals surface area contributed by atoms with Gasteiger partial charge in [0.1, 0.15) is 0 Å². The number of ether oxygens (including phenoxy) is 1. The van der Waals surface area contributed by atoms with Crippen LogP contribution in [0.4, 0.5) is 0 Å². The number of hydrogen-bond donors (Lipinski definition) is 1. The summed E-state index contributed by atoms with van der Waals surface area (Å²) in [7, 11) is 1.63. The Hall–Kier alpha value is 0.270. The van der Waals surface area contributed by atoms with E-state index in [2.05, 4.69) is 6.92 Å². The van der Waals surface area contributed by atoms with Crippen molar-refractivity contribution in [2.75, 3.05) is 19.5 Å². The highest BCUT2D eigenvalue weighted by atomic mass is 32.2. The van der Waals surface area contributed by atoms with Crippen molar-refractivity contribution in [3.8, 4) is 0 Å². The molecule has 0 saturated carbocycles. The SMILES string of the molecule is COCC1(O)CSC(C)C1. The van der Waals surface area contributed by atoms with Gasteiger partial charge in [0, 0.05) is 18.1 Å². The summed E-state index contributed by atoms with van der Waals surface area (Å²) < 4.78 is 4.91. The molecule has 60 valence electrons. The lowest BCUT2D eigenvalue weighted by atomic mass is 10.0. The van der Waals surface area contributed by atoms with Crippen LogP contribution in [0.5, 0.6) is 0 Å². The minimum absolute atomic E-state index is 0.477. The van der Waals surface area contributed by atoms with Crippen molar-refractivity contribution in [2.45, 2.75) is 24.2 Å². The standard InChI is InChI=1S/C7H14O2S/c1-6-3-7(8,4-9-2)5-10-6/h6,8H,3-5H2,1-2H3. The first-order valence-electron chi connectivity index (χ1n) is 3.49. The minimum atomic E-state index is -0.543. The number of rotatable bonds is 2. The predicted octanol–water partition coefficient (Wildman–Crippen LogP) is 0.889. The number of aliphatic hydroxyl groups is 1. The third kappa shape index (κ3) is 1.87. The molecule has 0 amide bonds. The molecule has 10 heavy (non-hydrogen) atoms. The van der Waals surface area contributed by atoms with Crippen LogP contribution in [-0.4, -0.2) is 35.4 Å². The Bertz CT molecular complexity index is 114. The summed E-state index contributed by atoms with van der Waals surface area (Å²) >= 11 is 1.81. The minimum Gasteiger partial charge on any atom is -0.387 e. The molecule has 2 nitrogen and oxygen atoms in total. The van der Waals surface area contributed by atoms with Gasteiger partial charge in [0.2, 0.25) is 0 Å². The fraction of sp³-hybridized carbons (Fsp3) is 1.00. The molecule has 3 heteroatoms.